The minimum absolute atomic E-state index is 0.0155. The zero-order valence-electron chi connectivity index (χ0n) is 14.7. The van der Waals surface area contributed by atoms with Crippen LogP contribution in [0, 0.1) is 17.2 Å². The number of carbonyl (C=O) groups excluding carboxylic acids is 1. The van der Waals surface area contributed by atoms with Crippen LogP contribution < -0.4 is 5.32 Å². The molecule has 2 rings (SSSR count). The van der Waals surface area contributed by atoms with Crippen LogP contribution in [0.4, 0.5) is 4.79 Å². The number of carbonyl (C=O) groups is 1. The van der Waals surface area contributed by atoms with Gasteiger partial charge in [0.05, 0.1) is 11.3 Å². The standard InChI is InChI=1S/C17H23N3O4S/c1-17(2,3)24-16(21)20-14-6-4-12(8-14)11-25(22,23)15-7-5-13(9-18)10-19-15/h5,7,10,12,14H,4,6,8,11H2,1-3H3,(H,20,21). The quantitative estimate of drug-likeness (QED) is 0.877. The summed E-state index contributed by atoms with van der Waals surface area (Å²) in [6.45, 7) is 5.38. The highest BCUT2D eigenvalue weighted by Crippen LogP contribution is 2.28. The molecule has 0 bridgehead atoms. The number of nitriles is 1. The third-order valence-electron chi connectivity index (χ3n) is 3.90. The van der Waals surface area contributed by atoms with Gasteiger partial charge in [0.1, 0.15) is 11.7 Å². The van der Waals surface area contributed by atoms with Crippen LogP contribution in [0.15, 0.2) is 23.4 Å². The number of pyridine rings is 1. The molecule has 0 radical (unpaired) electrons. The minimum Gasteiger partial charge on any atom is -0.444 e. The number of ether oxygens (including phenoxy) is 1. The molecule has 2 unspecified atom stereocenters. The van der Waals surface area contributed by atoms with E-state index in [1.807, 2.05) is 6.07 Å². The lowest BCUT2D eigenvalue weighted by atomic mass is 10.1. The first kappa shape index (κ1) is 19.2. The van der Waals surface area contributed by atoms with Gasteiger partial charge in [-0.3, -0.25) is 0 Å². The molecule has 1 fully saturated rings. The van der Waals surface area contributed by atoms with Crippen molar-refractivity contribution < 1.29 is 17.9 Å². The van der Waals surface area contributed by atoms with Gasteiger partial charge < -0.3 is 10.1 Å². The molecule has 1 aliphatic rings. The van der Waals surface area contributed by atoms with Crippen LogP contribution in [-0.2, 0) is 14.6 Å². The normalized spacial score (nSPS) is 20.7. The molecule has 0 aliphatic heterocycles. The van der Waals surface area contributed by atoms with Gasteiger partial charge in [-0.15, -0.1) is 0 Å². The molecular formula is C17H23N3O4S. The average molecular weight is 365 g/mol. The highest BCUT2D eigenvalue weighted by atomic mass is 32.2. The molecule has 1 heterocycles. The van der Waals surface area contributed by atoms with E-state index in [1.165, 1.54) is 18.3 Å². The Kier molecular flexibility index (Phi) is 5.68. The second kappa shape index (κ2) is 7.40. The van der Waals surface area contributed by atoms with Crippen LogP contribution in [0.1, 0.15) is 45.6 Å². The molecule has 0 spiro atoms. The maximum absolute atomic E-state index is 12.4. The Morgan fingerprint density at radius 3 is 2.68 bits per heavy atom. The summed E-state index contributed by atoms with van der Waals surface area (Å²) in [5.74, 6) is -0.0549. The lowest BCUT2D eigenvalue weighted by molar-refractivity contribution is 0.0505. The number of aromatic nitrogens is 1. The maximum atomic E-state index is 12.4. The van der Waals surface area contributed by atoms with Gasteiger partial charge in [-0.25, -0.2) is 18.2 Å². The summed E-state index contributed by atoms with van der Waals surface area (Å²) >= 11 is 0. The molecule has 7 nitrogen and oxygen atoms in total. The van der Waals surface area contributed by atoms with Crippen LogP contribution in [0.3, 0.4) is 0 Å². The summed E-state index contributed by atoms with van der Waals surface area (Å²) in [7, 11) is -3.51. The van der Waals surface area contributed by atoms with E-state index in [2.05, 4.69) is 10.3 Å². The number of hydrogen-bond acceptors (Lipinski definition) is 6. The SMILES string of the molecule is CC(C)(C)OC(=O)NC1CCC(CS(=O)(=O)c2ccc(C#N)cn2)C1. The van der Waals surface area contributed by atoms with Crippen molar-refractivity contribution in [2.24, 2.45) is 5.92 Å². The van der Waals surface area contributed by atoms with Gasteiger partial charge in [0.15, 0.2) is 14.9 Å². The summed E-state index contributed by atoms with van der Waals surface area (Å²) in [6.07, 6.45) is 2.81. The third-order valence-corrected chi connectivity index (χ3v) is 5.69. The molecule has 1 saturated carbocycles. The van der Waals surface area contributed by atoms with Crippen LogP contribution in [0.5, 0.6) is 0 Å². The lowest BCUT2D eigenvalue weighted by Crippen LogP contribution is -2.38. The van der Waals surface area contributed by atoms with Crippen molar-refractivity contribution in [1.29, 1.82) is 5.26 Å². The fourth-order valence-electron chi connectivity index (χ4n) is 2.86. The number of rotatable bonds is 4. The first-order valence-electron chi connectivity index (χ1n) is 8.17. The van der Waals surface area contributed by atoms with Gasteiger partial charge in [0.2, 0.25) is 0 Å². The Morgan fingerprint density at radius 1 is 1.40 bits per heavy atom. The number of hydrogen-bond donors (Lipinski definition) is 1. The average Bonchev–Trinajstić information content (AvgIpc) is 2.91. The highest BCUT2D eigenvalue weighted by molar-refractivity contribution is 7.91. The first-order chi connectivity index (χ1) is 11.6. The molecule has 1 aromatic rings. The topological polar surface area (TPSA) is 109 Å². The minimum atomic E-state index is -3.51. The number of nitrogens with one attached hydrogen (secondary N) is 1. The predicted octanol–water partition coefficient (Wildman–Crippen LogP) is 2.42. The van der Waals surface area contributed by atoms with Gasteiger partial charge in [0, 0.05) is 12.2 Å². The Morgan fingerprint density at radius 2 is 2.12 bits per heavy atom. The fraction of sp³-hybridized carbons (Fsp3) is 0.588. The van der Waals surface area contributed by atoms with Gasteiger partial charge in [-0.05, 0) is 58.1 Å². The Bertz CT molecular complexity index is 761. The van der Waals surface area contributed by atoms with E-state index in [1.54, 1.807) is 20.8 Å². The van der Waals surface area contributed by atoms with Crippen molar-refractivity contribution in [2.45, 2.75) is 56.7 Å². The van der Waals surface area contributed by atoms with E-state index in [0.29, 0.717) is 12.0 Å². The molecule has 1 N–H and O–H groups in total. The summed E-state index contributed by atoms with van der Waals surface area (Å²) in [5, 5.41) is 11.5. The van der Waals surface area contributed by atoms with Crippen molar-refractivity contribution in [1.82, 2.24) is 10.3 Å². The Hall–Kier alpha value is -2.14. The molecule has 25 heavy (non-hydrogen) atoms. The predicted molar refractivity (Wildman–Crippen MR) is 91.5 cm³/mol. The van der Waals surface area contributed by atoms with Crippen molar-refractivity contribution in [2.75, 3.05) is 5.75 Å². The van der Waals surface area contributed by atoms with Gasteiger partial charge in [-0.1, -0.05) is 0 Å². The fourth-order valence-corrected chi connectivity index (χ4v) is 4.44. The molecular weight excluding hydrogens is 342 g/mol. The van der Waals surface area contributed by atoms with Crippen molar-refractivity contribution in [3.05, 3.63) is 23.9 Å². The summed E-state index contributed by atoms with van der Waals surface area (Å²) in [5.41, 5.74) is -0.242. The smallest absolute Gasteiger partial charge is 0.407 e. The van der Waals surface area contributed by atoms with Gasteiger partial charge in [-0.2, -0.15) is 5.26 Å². The third kappa shape index (κ3) is 5.71. The number of alkyl carbamates (subject to hydrolysis) is 1. The molecule has 1 aromatic heterocycles. The van der Waals surface area contributed by atoms with E-state index in [9.17, 15) is 13.2 Å². The molecule has 136 valence electrons. The van der Waals surface area contributed by atoms with Gasteiger partial charge in [0.25, 0.3) is 0 Å². The van der Waals surface area contributed by atoms with E-state index in [-0.39, 0.29) is 22.7 Å². The summed E-state index contributed by atoms with van der Waals surface area (Å²) < 4.78 is 30.1. The monoisotopic (exact) mass is 365 g/mol. The maximum Gasteiger partial charge on any atom is 0.407 e. The van der Waals surface area contributed by atoms with E-state index in [0.717, 1.165) is 12.8 Å². The molecule has 2 atom stereocenters. The number of sulfone groups is 1. The number of nitrogens with zero attached hydrogens (tertiary/aromatic N) is 2. The summed E-state index contributed by atoms with van der Waals surface area (Å²) in [4.78, 5) is 15.7. The van der Waals surface area contributed by atoms with Crippen molar-refractivity contribution in [3.63, 3.8) is 0 Å². The largest absolute Gasteiger partial charge is 0.444 e. The summed E-state index contributed by atoms with van der Waals surface area (Å²) in [6, 6.07) is 4.64. The molecule has 0 aromatic carbocycles. The molecule has 1 amide bonds. The van der Waals surface area contributed by atoms with Crippen LogP contribution in [0.2, 0.25) is 0 Å². The van der Waals surface area contributed by atoms with Crippen LogP contribution in [0.25, 0.3) is 0 Å². The second-order valence-corrected chi connectivity index (χ2v) is 9.28. The van der Waals surface area contributed by atoms with Gasteiger partial charge >= 0.3 is 6.09 Å². The molecule has 8 heteroatoms. The zero-order chi connectivity index (χ0) is 18.7. The second-order valence-electron chi connectivity index (χ2n) is 7.30. The lowest BCUT2D eigenvalue weighted by Gasteiger charge is -2.21. The Balaban J connectivity index is 1.91. The number of amides is 1. The van der Waals surface area contributed by atoms with Crippen molar-refractivity contribution >= 4 is 15.9 Å². The van der Waals surface area contributed by atoms with E-state index < -0.39 is 21.5 Å². The van der Waals surface area contributed by atoms with Crippen molar-refractivity contribution in [3.8, 4) is 6.07 Å². The molecule has 0 saturated heterocycles. The zero-order valence-corrected chi connectivity index (χ0v) is 15.5. The van der Waals surface area contributed by atoms with E-state index >= 15 is 0 Å². The first-order valence-corrected chi connectivity index (χ1v) is 9.83. The Labute approximate surface area is 148 Å². The van der Waals surface area contributed by atoms with Crippen LogP contribution >= 0.6 is 0 Å². The molecule has 1 aliphatic carbocycles. The van der Waals surface area contributed by atoms with Crippen LogP contribution in [-0.4, -0.2) is 36.9 Å². The highest BCUT2D eigenvalue weighted by Gasteiger charge is 2.31. The van der Waals surface area contributed by atoms with E-state index in [4.69, 9.17) is 10.00 Å².